The molecule has 0 spiro atoms. The summed E-state index contributed by atoms with van der Waals surface area (Å²) >= 11 is 0. The number of aliphatic hydroxyl groups excluding tert-OH is 1. The summed E-state index contributed by atoms with van der Waals surface area (Å²) < 4.78 is 15.7. The summed E-state index contributed by atoms with van der Waals surface area (Å²) in [4.78, 5) is 4.25. The van der Waals surface area contributed by atoms with E-state index >= 15 is 0 Å². The molecule has 0 amide bonds. The number of benzene rings is 2. The number of rotatable bonds is 2. The number of fused-ring (bicyclic) bond motifs is 1. The number of anilines is 1. The Morgan fingerprint density at radius 2 is 2.10 bits per heavy atom. The van der Waals surface area contributed by atoms with Crippen LogP contribution in [0.25, 0.3) is 16.7 Å². The number of aromatic nitrogens is 2. The van der Waals surface area contributed by atoms with Crippen molar-refractivity contribution in [3.8, 4) is 11.8 Å². The molecule has 6 heteroatoms. The number of nitrogen functional groups attached to an aromatic ring is 1. The number of nitrogens with two attached hydrogens (primary N) is 1. The number of imidazole rings is 1. The summed E-state index contributed by atoms with van der Waals surface area (Å²) in [6, 6.07) is 11.1. The zero-order valence-corrected chi connectivity index (χ0v) is 10.9. The minimum Gasteiger partial charge on any atom is -0.399 e. The number of nitriles is 1. The smallest absolute Gasteiger partial charge is 0.148 e. The van der Waals surface area contributed by atoms with Crippen molar-refractivity contribution in [2.24, 2.45) is 0 Å². The topological polar surface area (TPSA) is 87.9 Å². The summed E-state index contributed by atoms with van der Waals surface area (Å²) in [6.45, 7) is -0.339. The first-order valence-electron chi connectivity index (χ1n) is 6.22. The first kappa shape index (κ1) is 13.1. The van der Waals surface area contributed by atoms with Crippen molar-refractivity contribution in [2.45, 2.75) is 6.61 Å². The Kier molecular flexibility index (Phi) is 3.05. The lowest BCUT2D eigenvalue weighted by Crippen LogP contribution is -2.03. The zero-order valence-electron chi connectivity index (χ0n) is 10.9. The zero-order chi connectivity index (χ0) is 15.0. The van der Waals surface area contributed by atoms with Crippen LogP contribution in [0.4, 0.5) is 10.1 Å². The average molecular weight is 282 g/mol. The predicted molar refractivity (Wildman–Crippen MR) is 76.1 cm³/mol. The van der Waals surface area contributed by atoms with Gasteiger partial charge in [-0.25, -0.2) is 9.37 Å². The Morgan fingerprint density at radius 1 is 1.29 bits per heavy atom. The van der Waals surface area contributed by atoms with Crippen molar-refractivity contribution in [3.63, 3.8) is 0 Å². The minimum atomic E-state index is -0.556. The third kappa shape index (κ3) is 2.10. The van der Waals surface area contributed by atoms with Gasteiger partial charge in [0, 0.05) is 5.69 Å². The first-order valence-corrected chi connectivity index (χ1v) is 6.22. The molecule has 0 aliphatic rings. The summed E-state index contributed by atoms with van der Waals surface area (Å²) in [7, 11) is 0. The molecule has 0 atom stereocenters. The van der Waals surface area contributed by atoms with Crippen molar-refractivity contribution < 1.29 is 9.50 Å². The van der Waals surface area contributed by atoms with Crippen LogP contribution in [-0.2, 0) is 6.61 Å². The van der Waals surface area contributed by atoms with E-state index in [9.17, 15) is 9.50 Å². The molecule has 0 radical (unpaired) electrons. The highest BCUT2D eigenvalue weighted by Crippen LogP contribution is 2.25. The molecular weight excluding hydrogens is 271 g/mol. The standard InChI is InChI=1S/C15H11FN4O/c16-11-5-9(7-17)1-3-13(11)20-14-4-2-10(18)6-12(14)19-15(20)8-21/h1-6,21H,8,18H2. The molecule has 21 heavy (non-hydrogen) atoms. The van der Waals surface area contributed by atoms with Crippen molar-refractivity contribution in [3.05, 3.63) is 53.6 Å². The largest absolute Gasteiger partial charge is 0.399 e. The second-order valence-corrected chi connectivity index (χ2v) is 4.55. The minimum absolute atomic E-state index is 0.227. The van der Waals surface area contributed by atoms with E-state index in [-0.39, 0.29) is 17.9 Å². The molecule has 0 bridgehead atoms. The van der Waals surface area contributed by atoms with E-state index in [4.69, 9.17) is 11.0 Å². The van der Waals surface area contributed by atoms with Gasteiger partial charge in [0.15, 0.2) is 0 Å². The van der Waals surface area contributed by atoms with Crippen molar-refractivity contribution >= 4 is 16.7 Å². The van der Waals surface area contributed by atoms with E-state index in [1.54, 1.807) is 18.2 Å². The normalized spacial score (nSPS) is 10.7. The summed E-state index contributed by atoms with van der Waals surface area (Å²) in [6.07, 6.45) is 0. The maximum Gasteiger partial charge on any atom is 0.148 e. The van der Waals surface area contributed by atoms with Gasteiger partial charge in [-0.15, -0.1) is 0 Å². The second-order valence-electron chi connectivity index (χ2n) is 4.55. The van der Waals surface area contributed by atoms with E-state index in [1.807, 2.05) is 6.07 Å². The molecule has 0 saturated heterocycles. The van der Waals surface area contributed by atoms with Gasteiger partial charge in [-0.1, -0.05) is 0 Å². The van der Waals surface area contributed by atoms with Gasteiger partial charge in [-0.2, -0.15) is 5.26 Å². The molecule has 0 fully saturated rings. The van der Waals surface area contributed by atoms with Crippen LogP contribution >= 0.6 is 0 Å². The Bertz CT molecular complexity index is 879. The van der Waals surface area contributed by atoms with Crippen LogP contribution in [0.1, 0.15) is 11.4 Å². The number of aliphatic hydroxyl groups is 1. The molecule has 1 heterocycles. The molecule has 0 aliphatic heterocycles. The molecule has 3 rings (SSSR count). The lowest BCUT2D eigenvalue weighted by Gasteiger charge is -2.09. The van der Waals surface area contributed by atoms with Gasteiger partial charge in [0.1, 0.15) is 18.2 Å². The molecule has 5 nitrogen and oxygen atoms in total. The van der Waals surface area contributed by atoms with Gasteiger partial charge in [0.2, 0.25) is 0 Å². The van der Waals surface area contributed by atoms with Crippen LogP contribution in [0.15, 0.2) is 36.4 Å². The first-order chi connectivity index (χ1) is 10.1. The van der Waals surface area contributed by atoms with Gasteiger partial charge in [-0.05, 0) is 36.4 Å². The van der Waals surface area contributed by atoms with E-state index in [0.29, 0.717) is 22.5 Å². The second kappa shape index (κ2) is 4.89. The molecule has 3 N–H and O–H groups in total. The van der Waals surface area contributed by atoms with Gasteiger partial charge >= 0.3 is 0 Å². The van der Waals surface area contributed by atoms with Crippen molar-refractivity contribution in [2.75, 3.05) is 5.73 Å². The molecule has 1 aromatic heterocycles. The fourth-order valence-electron chi connectivity index (χ4n) is 2.28. The monoisotopic (exact) mass is 282 g/mol. The Hall–Kier alpha value is -2.91. The SMILES string of the molecule is N#Cc1ccc(-n2c(CO)nc3cc(N)ccc32)c(F)c1. The molecule has 3 aromatic rings. The molecule has 0 aliphatic carbocycles. The van der Waals surface area contributed by atoms with Crippen LogP contribution in [-0.4, -0.2) is 14.7 Å². The van der Waals surface area contributed by atoms with Crippen LogP contribution in [0.5, 0.6) is 0 Å². The van der Waals surface area contributed by atoms with Crippen LogP contribution in [0.2, 0.25) is 0 Å². The number of nitrogens with zero attached hydrogens (tertiary/aromatic N) is 3. The molecular formula is C15H11FN4O. The number of hydrogen-bond acceptors (Lipinski definition) is 4. The van der Waals surface area contributed by atoms with E-state index in [1.165, 1.54) is 16.7 Å². The van der Waals surface area contributed by atoms with Crippen molar-refractivity contribution in [1.82, 2.24) is 9.55 Å². The maximum atomic E-state index is 14.2. The number of halogens is 1. The maximum absolute atomic E-state index is 14.2. The van der Waals surface area contributed by atoms with Gasteiger partial charge in [0.05, 0.1) is 28.4 Å². The Labute approximate surface area is 119 Å². The highest BCUT2D eigenvalue weighted by Gasteiger charge is 2.15. The van der Waals surface area contributed by atoms with E-state index in [2.05, 4.69) is 4.98 Å². The lowest BCUT2D eigenvalue weighted by molar-refractivity contribution is 0.270. The third-order valence-electron chi connectivity index (χ3n) is 3.21. The van der Waals surface area contributed by atoms with E-state index in [0.717, 1.165) is 6.07 Å². The van der Waals surface area contributed by atoms with Crippen LogP contribution < -0.4 is 5.73 Å². The highest BCUT2D eigenvalue weighted by atomic mass is 19.1. The quantitative estimate of drug-likeness (QED) is 0.705. The van der Waals surface area contributed by atoms with Crippen LogP contribution in [0, 0.1) is 17.1 Å². The Balaban J connectivity index is 2.31. The summed E-state index contributed by atoms with van der Waals surface area (Å²) in [5, 5.41) is 18.2. The molecule has 104 valence electrons. The highest BCUT2D eigenvalue weighted by molar-refractivity contribution is 5.81. The fourth-order valence-corrected chi connectivity index (χ4v) is 2.28. The molecule has 2 aromatic carbocycles. The predicted octanol–water partition coefficient (Wildman–Crippen LogP) is 2.11. The third-order valence-corrected chi connectivity index (χ3v) is 3.21. The van der Waals surface area contributed by atoms with Crippen LogP contribution in [0.3, 0.4) is 0 Å². The van der Waals surface area contributed by atoms with Gasteiger partial charge < -0.3 is 10.8 Å². The molecule has 0 saturated carbocycles. The number of hydrogen-bond donors (Lipinski definition) is 2. The summed E-state index contributed by atoms with van der Waals surface area (Å²) in [5.74, 6) is -0.251. The van der Waals surface area contributed by atoms with Gasteiger partial charge in [0.25, 0.3) is 0 Å². The van der Waals surface area contributed by atoms with Crippen molar-refractivity contribution in [1.29, 1.82) is 5.26 Å². The van der Waals surface area contributed by atoms with Gasteiger partial charge in [-0.3, -0.25) is 4.57 Å². The van der Waals surface area contributed by atoms with E-state index < -0.39 is 5.82 Å². The average Bonchev–Trinajstić information content (AvgIpc) is 2.84. The Morgan fingerprint density at radius 3 is 2.76 bits per heavy atom. The lowest BCUT2D eigenvalue weighted by atomic mass is 10.2. The molecule has 0 unspecified atom stereocenters. The fraction of sp³-hybridized carbons (Fsp3) is 0.0667. The summed E-state index contributed by atoms with van der Waals surface area (Å²) in [5.41, 5.74) is 7.92.